The average Bonchev–Trinajstić information content (AvgIpc) is 3.45. The van der Waals surface area contributed by atoms with Crippen LogP contribution < -0.4 is 16.4 Å². The van der Waals surface area contributed by atoms with Crippen LogP contribution >= 0.6 is 0 Å². The topological polar surface area (TPSA) is 89.2 Å². The summed E-state index contributed by atoms with van der Waals surface area (Å²) in [6.07, 6.45) is 4.99. The summed E-state index contributed by atoms with van der Waals surface area (Å²) in [5, 5.41) is 6.71. The highest BCUT2D eigenvalue weighted by Gasteiger charge is 2.31. The van der Waals surface area contributed by atoms with Gasteiger partial charge in [-0.2, -0.15) is 0 Å². The Morgan fingerprint density at radius 1 is 0.946 bits per heavy atom. The number of hydrogen-bond acceptors (Lipinski definition) is 3. The molecule has 1 saturated carbocycles. The molecule has 0 radical (unpaired) electrons. The number of anilines is 3. The Bertz CT molecular complexity index is 1450. The highest BCUT2D eigenvalue weighted by atomic mass is 19.1. The number of nitrogens with two attached hydrogens (primary N) is 1. The van der Waals surface area contributed by atoms with Gasteiger partial charge in [-0.15, -0.1) is 0 Å². The molecule has 190 valence electrons. The molecule has 3 aromatic carbocycles. The summed E-state index contributed by atoms with van der Waals surface area (Å²) in [6, 6.07) is 20.8. The van der Waals surface area contributed by atoms with Gasteiger partial charge in [0.05, 0.1) is 6.54 Å². The molecule has 37 heavy (non-hydrogen) atoms. The Hall–Kier alpha value is -4.13. The number of fused-ring (bicyclic) bond motifs is 1. The minimum absolute atomic E-state index is 0.00384. The van der Waals surface area contributed by atoms with Crippen molar-refractivity contribution in [3.63, 3.8) is 0 Å². The zero-order chi connectivity index (χ0) is 26.0. The van der Waals surface area contributed by atoms with Crippen molar-refractivity contribution in [2.24, 2.45) is 5.41 Å². The van der Waals surface area contributed by atoms with E-state index in [4.69, 9.17) is 5.73 Å². The molecule has 1 fully saturated rings. The monoisotopic (exact) mass is 498 g/mol. The predicted molar refractivity (Wildman–Crippen MR) is 146 cm³/mol. The van der Waals surface area contributed by atoms with Crippen LogP contribution in [-0.2, 0) is 11.3 Å². The molecule has 0 bridgehead atoms. The molecular formula is C30H31FN4O2. The minimum atomic E-state index is -0.335. The molecule has 6 nitrogen and oxygen atoms in total. The van der Waals surface area contributed by atoms with Gasteiger partial charge in [-0.05, 0) is 72.9 Å². The summed E-state index contributed by atoms with van der Waals surface area (Å²) in [6.45, 7) is 2.36. The van der Waals surface area contributed by atoms with Gasteiger partial charge in [-0.3, -0.25) is 9.59 Å². The Labute approximate surface area is 215 Å². The summed E-state index contributed by atoms with van der Waals surface area (Å²) in [4.78, 5) is 26.1. The Kier molecular flexibility index (Phi) is 6.70. The number of halogens is 1. The van der Waals surface area contributed by atoms with Gasteiger partial charge >= 0.3 is 0 Å². The van der Waals surface area contributed by atoms with Crippen molar-refractivity contribution in [1.29, 1.82) is 0 Å². The van der Waals surface area contributed by atoms with Crippen LogP contribution in [0.25, 0.3) is 10.9 Å². The average molecular weight is 499 g/mol. The number of amides is 2. The zero-order valence-corrected chi connectivity index (χ0v) is 20.9. The van der Waals surface area contributed by atoms with Gasteiger partial charge in [0.2, 0.25) is 5.91 Å². The minimum Gasteiger partial charge on any atom is -0.399 e. The van der Waals surface area contributed by atoms with E-state index in [1.165, 1.54) is 18.9 Å². The van der Waals surface area contributed by atoms with Crippen molar-refractivity contribution >= 4 is 39.8 Å². The van der Waals surface area contributed by atoms with E-state index in [9.17, 15) is 14.0 Å². The lowest BCUT2D eigenvalue weighted by atomic mass is 9.85. The number of benzene rings is 3. The number of aromatic nitrogens is 1. The van der Waals surface area contributed by atoms with Crippen LogP contribution in [0.5, 0.6) is 0 Å². The van der Waals surface area contributed by atoms with Crippen LogP contribution in [0, 0.1) is 11.2 Å². The quantitative estimate of drug-likeness (QED) is 0.252. The Morgan fingerprint density at radius 3 is 2.38 bits per heavy atom. The number of nitrogen functional groups attached to an aromatic ring is 1. The number of nitrogens with one attached hydrogen (secondary N) is 2. The zero-order valence-electron chi connectivity index (χ0n) is 20.9. The molecule has 0 unspecified atom stereocenters. The van der Waals surface area contributed by atoms with Crippen LogP contribution in [0.3, 0.4) is 0 Å². The maximum Gasteiger partial charge on any atom is 0.272 e. The molecule has 1 aliphatic carbocycles. The number of carbonyl (C=O) groups is 2. The molecule has 0 saturated heterocycles. The lowest BCUT2D eigenvalue weighted by Crippen LogP contribution is -2.22. The molecule has 1 aromatic heterocycles. The Morgan fingerprint density at radius 2 is 1.65 bits per heavy atom. The Balaban J connectivity index is 1.46. The molecule has 4 aromatic rings. The summed E-state index contributed by atoms with van der Waals surface area (Å²) in [7, 11) is 0. The van der Waals surface area contributed by atoms with Gasteiger partial charge in [-0.25, -0.2) is 4.39 Å². The second-order valence-electron chi connectivity index (χ2n) is 10.3. The van der Waals surface area contributed by atoms with Crippen molar-refractivity contribution in [2.45, 2.75) is 45.6 Å². The first kappa shape index (κ1) is 24.6. The van der Waals surface area contributed by atoms with Gasteiger partial charge in [0.25, 0.3) is 5.91 Å². The third-order valence-electron chi connectivity index (χ3n) is 7.27. The van der Waals surface area contributed by atoms with Gasteiger partial charge in [0.15, 0.2) is 0 Å². The molecule has 7 heteroatoms. The SMILES string of the molecule is CC1(CC(=O)Nc2ccc3c(c2)cc(C(=O)Nc2ccc(N)cc2)n3Cc2ccccc2F)CCCC1. The summed E-state index contributed by atoms with van der Waals surface area (Å²) >= 11 is 0. The van der Waals surface area contributed by atoms with Crippen molar-refractivity contribution < 1.29 is 14.0 Å². The third kappa shape index (κ3) is 5.50. The fourth-order valence-electron chi connectivity index (χ4n) is 5.26. The largest absolute Gasteiger partial charge is 0.399 e. The number of rotatable bonds is 7. The second kappa shape index (κ2) is 10.1. The van der Waals surface area contributed by atoms with E-state index >= 15 is 0 Å². The van der Waals surface area contributed by atoms with E-state index in [1.54, 1.807) is 53.1 Å². The van der Waals surface area contributed by atoms with Crippen molar-refractivity contribution in [1.82, 2.24) is 4.57 Å². The highest BCUT2D eigenvalue weighted by Crippen LogP contribution is 2.40. The standard InChI is InChI=1S/C30H31FN4O2/c1-30(14-4-5-15-30)18-28(36)33-24-12-13-26-21(16-24)17-27(29(37)34-23-10-8-22(32)9-11-23)35(26)19-20-6-2-3-7-25(20)31/h2-3,6-13,16-17H,4-5,14-15,18-19,32H2,1H3,(H,33,36)(H,34,37). The van der Waals surface area contributed by atoms with Crippen LogP contribution in [0.1, 0.15) is 55.1 Å². The van der Waals surface area contributed by atoms with E-state index in [0.29, 0.717) is 34.7 Å². The van der Waals surface area contributed by atoms with Crippen LogP contribution in [0.2, 0.25) is 0 Å². The molecule has 0 spiro atoms. The van der Waals surface area contributed by atoms with Crippen LogP contribution in [0.4, 0.5) is 21.5 Å². The maximum absolute atomic E-state index is 14.5. The number of hydrogen-bond donors (Lipinski definition) is 3. The molecule has 0 atom stereocenters. The highest BCUT2D eigenvalue weighted by molar-refractivity contribution is 6.07. The normalized spacial score (nSPS) is 14.5. The summed E-state index contributed by atoms with van der Waals surface area (Å²) in [5.41, 5.74) is 9.34. The van der Waals surface area contributed by atoms with Gasteiger partial charge < -0.3 is 20.9 Å². The fourth-order valence-corrected chi connectivity index (χ4v) is 5.26. The van der Waals surface area contributed by atoms with E-state index < -0.39 is 0 Å². The van der Waals surface area contributed by atoms with E-state index in [-0.39, 0.29) is 29.6 Å². The second-order valence-corrected chi connectivity index (χ2v) is 10.3. The smallest absolute Gasteiger partial charge is 0.272 e. The molecule has 2 amide bonds. The molecule has 1 heterocycles. The number of carbonyl (C=O) groups excluding carboxylic acids is 2. The summed E-state index contributed by atoms with van der Waals surface area (Å²) in [5.74, 6) is -0.661. The van der Waals surface area contributed by atoms with Crippen molar-refractivity contribution in [3.8, 4) is 0 Å². The van der Waals surface area contributed by atoms with E-state index in [0.717, 1.165) is 23.7 Å². The third-order valence-corrected chi connectivity index (χ3v) is 7.27. The van der Waals surface area contributed by atoms with Gasteiger partial charge in [0.1, 0.15) is 11.5 Å². The lowest BCUT2D eigenvalue weighted by Gasteiger charge is -2.22. The van der Waals surface area contributed by atoms with Crippen LogP contribution in [0.15, 0.2) is 72.8 Å². The molecular weight excluding hydrogens is 467 g/mol. The molecule has 0 aliphatic heterocycles. The van der Waals surface area contributed by atoms with Crippen molar-refractivity contribution in [2.75, 3.05) is 16.4 Å². The van der Waals surface area contributed by atoms with Crippen LogP contribution in [-0.4, -0.2) is 16.4 Å². The fraction of sp³-hybridized carbons (Fsp3) is 0.267. The number of nitrogens with zero attached hydrogens (tertiary/aromatic N) is 1. The first-order valence-corrected chi connectivity index (χ1v) is 12.6. The van der Waals surface area contributed by atoms with E-state index in [1.807, 2.05) is 18.2 Å². The first-order chi connectivity index (χ1) is 17.8. The first-order valence-electron chi connectivity index (χ1n) is 12.6. The van der Waals surface area contributed by atoms with Gasteiger partial charge in [0, 0.05) is 39.9 Å². The predicted octanol–water partition coefficient (Wildman–Crippen LogP) is 6.57. The maximum atomic E-state index is 14.5. The molecule has 4 N–H and O–H groups in total. The molecule has 1 aliphatic rings. The lowest BCUT2D eigenvalue weighted by molar-refractivity contribution is -0.118. The van der Waals surface area contributed by atoms with Gasteiger partial charge in [-0.1, -0.05) is 38.0 Å². The van der Waals surface area contributed by atoms with E-state index in [2.05, 4.69) is 17.6 Å². The molecule has 5 rings (SSSR count). The summed E-state index contributed by atoms with van der Waals surface area (Å²) < 4.78 is 16.3. The van der Waals surface area contributed by atoms with Crippen molar-refractivity contribution in [3.05, 3.63) is 89.9 Å².